The van der Waals surface area contributed by atoms with Crippen LogP contribution in [0, 0.1) is 6.92 Å². The van der Waals surface area contributed by atoms with Crippen molar-refractivity contribution in [3.63, 3.8) is 0 Å². The molecule has 6 heteroatoms. The summed E-state index contributed by atoms with van der Waals surface area (Å²) in [5, 5.41) is 3.39. The number of carbonyl (C=O) groups excluding carboxylic acids is 1. The van der Waals surface area contributed by atoms with Gasteiger partial charge in [0, 0.05) is 11.6 Å². The van der Waals surface area contributed by atoms with Gasteiger partial charge < -0.3 is 5.32 Å². The smallest absolute Gasteiger partial charge is 0.272 e. The van der Waals surface area contributed by atoms with Crippen molar-refractivity contribution in [1.82, 2.24) is 14.9 Å². The van der Waals surface area contributed by atoms with E-state index in [2.05, 4.69) is 10.3 Å². The highest BCUT2D eigenvalue weighted by Crippen LogP contribution is 2.14. The van der Waals surface area contributed by atoms with Crippen LogP contribution in [0.3, 0.4) is 0 Å². The van der Waals surface area contributed by atoms with Gasteiger partial charge in [-0.3, -0.25) is 14.2 Å². The fourth-order valence-electron chi connectivity index (χ4n) is 2.51. The van der Waals surface area contributed by atoms with Crippen LogP contribution in [-0.4, -0.2) is 15.5 Å². The topological polar surface area (TPSA) is 64.0 Å². The number of amides is 1. The minimum absolute atomic E-state index is 0.0623. The number of halogens is 1. The van der Waals surface area contributed by atoms with Gasteiger partial charge in [0.05, 0.1) is 11.0 Å². The fraction of sp³-hybridized carbons (Fsp3) is 0.167. The molecule has 1 heterocycles. The standard InChI is InChI=1S/C18H16ClN3O2/c1-12-18(24)22(16-9-5-4-8-15(16)21-12)11-17(23)20-10-13-6-2-3-7-14(13)19/h2-9H,10-11H2,1H3,(H,20,23). The van der Waals surface area contributed by atoms with E-state index in [0.29, 0.717) is 28.3 Å². The summed E-state index contributed by atoms with van der Waals surface area (Å²) in [6.07, 6.45) is 0. The highest BCUT2D eigenvalue weighted by Gasteiger charge is 2.11. The molecule has 0 saturated carbocycles. The third kappa shape index (κ3) is 3.31. The van der Waals surface area contributed by atoms with Crippen molar-refractivity contribution in [3.05, 3.63) is 75.2 Å². The lowest BCUT2D eigenvalue weighted by atomic mass is 10.2. The van der Waals surface area contributed by atoms with Crippen molar-refractivity contribution in [2.24, 2.45) is 0 Å². The number of hydrogen-bond acceptors (Lipinski definition) is 3. The Kier molecular flexibility index (Phi) is 4.62. The van der Waals surface area contributed by atoms with E-state index in [4.69, 9.17) is 11.6 Å². The molecule has 1 aromatic heterocycles. The second-order valence-electron chi connectivity index (χ2n) is 5.45. The summed E-state index contributed by atoms with van der Waals surface area (Å²) >= 11 is 6.08. The number of fused-ring (bicyclic) bond motifs is 1. The summed E-state index contributed by atoms with van der Waals surface area (Å²) in [6, 6.07) is 14.6. The first kappa shape index (κ1) is 16.2. The Morgan fingerprint density at radius 2 is 1.88 bits per heavy atom. The minimum atomic E-state index is -0.262. The van der Waals surface area contributed by atoms with Crippen molar-refractivity contribution in [2.75, 3.05) is 0 Å². The monoisotopic (exact) mass is 341 g/mol. The molecule has 24 heavy (non-hydrogen) atoms. The zero-order chi connectivity index (χ0) is 17.1. The molecule has 1 amide bonds. The molecule has 0 aliphatic carbocycles. The minimum Gasteiger partial charge on any atom is -0.350 e. The van der Waals surface area contributed by atoms with Gasteiger partial charge in [-0.25, -0.2) is 4.98 Å². The number of aromatic nitrogens is 2. The molecule has 0 aliphatic heterocycles. The molecule has 0 radical (unpaired) electrons. The van der Waals surface area contributed by atoms with Gasteiger partial charge in [-0.2, -0.15) is 0 Å². The van der Waals surface area contributed by atoms with Gasteiger partial charge in [0.1, 0.15) is 12.2 Å². The van der Waals surface area contributed by atoms with E-state index in [1.807, 2.05) is 36.4 Å². The molecule has 0 saturated heterocycles. The molecular weight excluding hydrogens is 326 g/mol. The predicted molar refractivity (Wildman–Crippen MR) is 94.0 cm³/mol. The zero-order valence-electron chi connectivity index (χ0n) is 13.1. The van der Waals surface area contributed by atoms with E-state index in [1.54, 1.807) is 19.1 Å². The lowest BCUT2D eigenvalue weighted by Crippen LogP contribution is -2.33. The van der Waals surface area contributed by atoms with E-state index in [9.17, 15) is 9.59 Å². The van der Waals surface area contributed by atoms with Crippen LogP contribution >= 0.6 is 11.6 Å². The Hall–Kier alpha value is -2.66. The lowest BCUT2D eigenvalue weighted by molar-refractivity contribution is -0.121. The lowest BCUT2D eigenvalue weighted by Gasteiger charge is -2.11. The van der Waals surface area contributed by atoms with Crippen molar-refractivity contribution in [2.45, 2.75) is 20.0 Å². The third-order valence-electron chi connectivity index (χ3n) is 3.75. The highest BCUT2D eigenvalue weighted by molar-refractivity contribution is 6.31. The summed E-state index contributed by atoms with van der Waals surface area (Å²) in [5.74, 6) is -0.257. The van der Waals surface area contributed by atoms with Crippen LogP contribution < -0.4 is 10.9 Å². The Labute approximate surface area is 143 Å². The number of hydrogen-bond donors (Lipinski definition) is 1. The Morgan fingerprint density at radius 3 is 2.67 bits per heavy atom. The van der Waals surface area contributed by atoms with Crippen LogP contribution in [0.25, 0.3) is 11.0 Å². The molecule has 0 spiro atoms. The number of nitrogens with one attached hydrogen (secondary N) is 1. The van der Waals surface area contributed by atoms with Crippen molar-refractivity contribution in [1.29, 1.82) is 0 Å². The first-order valence-corrected chi connectivity index (χ1v) is 7.90. The summed E-state index contributed by atoms with van der Waals surface area (Å²) in [6.45, 7) is 1.90. The number of benzene rings is 2. The fourth-order valence-corrected chi connectivity index (χ4v) is 2.71. The molecule has 122 valence electrons. The van der Waals surface area contributed by atoms with E-state index in [0.717, 1.165) is 5.56 Å². The first-order chi connectivity index (χ1) is 11.6. The summed E-state index contributed by atoms with van der Waals surface area (Å²) in [5.41, 5.74) is 2.26. The molecule has 5 nitrogen and oxygen atoms in total. The van der Waals surface area contributed by atoms with Gasteiger partial charge in [-0.05, 0) is 30.7 Å². The molecule has 0 aliphatic rings. The average Bonchev–Trinajstić information content (AvgIpc) is 2.58. The van der Waals surface area contributed by atoms with Crippen LogP contribution in [0.1, 0.15) is 11.3 Å². The second-order valence-corrected chi connectivity index (χ2v) is 5.85. The van der Waals surface area contributed by atoms with Gasteiger partial charge >= 0.3 is 0 Å². The van der Waals surface area contributed by atoms with E-state index in [-0.39, 0.29) is 18.0 Å². The maximum atomic E-state index is 12.3. The molecular formula is C18H16ClN3O2. The summed E-state index contributed by atoms with van der Waals surface area (Å²) in [7, 11) is 0. The van der Waals surface area contributed by atoms with Crippen molar-refractivity contribution < 1.29 is 4.79 Å². The highest BCUT2D eigenvalue weighted by atomic mass is 35.5. The van der Waals surface area contributed by atoms with Crippen LogP contribution in [0.2, 0.25) is 5.02 Å². The van der Waals surface area contributed by atoms with Crippen molar-refractivity contribution in [3.8, 4) is 0 Å². The van der Waals surface area contributed by atoms with Crippen LogP contribution in [-0.2, 0) is 17.9 Å². The Balaban J connectivity index is 1.82. The quantitative estimate of drug-likeness (QED) is 0.793. The van der Waals surface area contributed by atoms with Gasteiger partial charge in [0.2, 0.25) is 5.91 Å². The number of nitrogens with zero attached hydrogens (tertiary/aromatic N) is 2. The van der Waals surface area contributed by atoms with Crippen LogP contribution in [0.5, 0.6) is 0 Å². The van der Waals surface area contributed by atoms with E-state index in [1.165, 1.54) is 4.57 Å². The average molecular weight is 342 g/mol. The first-order valence-electron chi connectivity index (χ1n) is 7.52. The maximum Gasteiger partial charge on any atom is 0.272 e. The molecule has 1 N–H and O–H groups in total. The number of para-hydroxylation sites is 2. The number of aryl methyl sites for hydroxylation is 1. The largest absolute Gasteiger partial charge is 0.350 e. The van der Waals surface area contributed by atoms with Gasteiger partial charge in [0.25, 0.3) is 5.56 Å². The number of rotatable bonds is 4. The second kappa shape index (κ2) is 6.84. The molecule has 2 aromatic carbocycles. The SMILES string of the molecule is Cc1nc2ccccc2n(CC(=O)NCc2ccccc2Cl)c1=O. The normalized spacial score (nSPS) is 10.8. The Bertz CT molecular complexity index is 966. The number of carbonyl (C=O) groups is 1. The molecule has 3 rings (SSSR count). The summed E-state index contributed by atoms with van der Waals surface area (Å²) < 4.78 is 1.44. The summed E-state index contributed by atoms with van der Waals surface area (Å²) in [4.78, 5) is 28.9. The third-order valence-corrected chi connectivity index (χ3v) is 4.12. The van der Waals surface area contributed by atoms with Gasteiger partial charge in [-0.1, -0.05) is 41.9 Å². The maximum absolute atomic E-state index is 12.3. The van der Waals surface area contributed by atoms with Crippen molar-refractivity contribution >= 4 is 28.5 Å². The van der Waals surface area contributed by atoms with E-state index < -0.39 is 0 Å². The predicted octanol–water partition coefficient (Wildman–Crippen LogP) is 2.67. The van der Waals surface area contributed by atoms with Crippen LogP contribution in [0.4, 0.5) is 0 Å². The molecule has 3 aromatic rings. The van der Waals surface area contributed by atoms with Gasteiger partial charge in [-0.15, -0.1) is 0 Å². The molecule has 0 bridgehead atoms. The Morgan fingerprint density at radius 1 is 1.17 bits per heavy atom. The molecule has 0 fully saturated rings. The van der Waals surface area contributed by atoms with Gasteiger partial charge in [0.15, 0.2) is 0 Å². The zero-order valence-corrected chi connectivity index (χ0v) is 13.9. The molecule has 0 atom stereocenters. The van der Waals surface area contributed by atoms with Crippen LogP contribution in [0.15, 0.2) is 53.3 Å². The molecule has 0 unspecified atom stereocenters. The van der Waals surface area contributed by atoms with E-state index >= 15 is 0 Å².